The minimum Gasteiger partial charge on any atom is -0.454 e. The minimum absolute atomic E-state index is 0.233. The molecule has 7 nitrogen and oxygen atoms in total. The van der Waals surface area contributed by atoms with Gasteiger partial charge >= 0.3 is 0 Å². The van der Waals surface area contributed by atoms with Crippen LogP contribution in [0, 0.1) is 0 Å². The van der Waals surface area contributed by atoms with E-state index in [4.69, 9.17) is 15.2 Å². The molecule has 1 aromatic carbocycles. The van der Waals surface area contributed by atoms with Crippen molar-refractivity contribution in [3.8, 4) is 11.5 Å². The molecule has 1 aliphatic rings. The molecule has 3 rings (SSSR count). The largest absolute Gasteiger partial charge is 0.454 e. The molecule has 1 amide bonds. The average molecular weight is 288 g/mol. The maximum absolute atomic E-state index is 12.2. The molecule has 110 valence electrons. The number of ether oxygens (including phenoxy) is 2. The normalized spacial score (nSPS) is 12.4. The van der Waals surface area contributed by atoms with Gasteiger partial charge in [-0.1, -0.05) is 6.07 Å². The molecule has 0 saturated heterocycles. The summed E-state index contributed by atoms with van der Waals surface area (Å²) in [4.78, 5) is 12.2. The van der Waals surface area contributed by atoms with Crippen LogP contribution in [0.5, 0.6) is 11.5 Å². The Morgan fingerprint density at radius 1 is 1.43 bits per heavy atom. The lowest BCUT2D eigenvalue weighted by atomic mass is 10.2. The van der Waals surface area contributed by atoms with Crippen LogP contribution in [0.1, 0.15) is 23.0 Å². The van der Waals surface area contributed by atoms with Crippen LogP contribution in [0.25, 0.3) is 0 Å². The number of nitrogens with two attached hydrogens (primary N) is 1. The van der Waals surface area contributed by atoms with E-state index in [9.17, 15) is 4.79 Å². The van der Waals surface area contributed by atoms with E-state index in [1.807, 2.05) is 25.1 Å². The Morgan fingerprint density at radius 3 is 3.05 bits per heavy atom. The molecule has 0 spiro atoms. The zero-order chi connectivity index (χ0) is 14.8. The molecule has 0 aliphatic carbocycles. The fourth-order valence-corrected chi connectivity index (χ4v) is 2.20. The van der Waals surface area contributed by atoms with Crippen LogP contribution in [0.3, 0.4) is 0 Å². The Morgan fingerprint density at radius 2 is 2.24 bits per heavy atom. The van der Waals surface area contributed by atoms with Crippen molar-refractivity contribution in [1.29, 1.82) is 0 Å². The van der Waals surface area contributed by atoms with E-state index in [1.54, 1.807) is 4.68 Å². The van der Waals surface area contributed by atoms with E-state index in [2.05, 4.69) is 10.4 Å². The molecule has 3 N–H and O–H groups in total. The number of aromatic nitrogens is 2. The zero-order valence-corrected chi connectivity index (χ0v) is 11.6. The van der Waals surface area contributed by atoms with E-state index in [0.717, 1.165) is 11.3 Å². The highest BCUT2D eigenvalue weighted by molar-refractivity contribution is 5.97. The van der Waals surface area contributed by atoms with Crippen LogP contribution >= 0.6 is 0 Å². The van der Waals surface area contributed by atoms with Gasteiger partial charge in [0.25, 0.3) is 5.91 Å². The van der Waals surface area contributed by atoms with Gasteiger partial charge in [0.05, 0.1) is 11.9 Å². The quantitative estimate of drug-likeness (QED) is 0.880. The molecule has 0 bridgehead atoms. The number of nitrogen functional groups attached to an aromatic ring is 1. The third kappa shape index (κ3) is 2.49. The van der Waals surface area contributed by atoms with Crippen LogP contribution in [-0.2, 0) is 13.1 Å². The fraction of sp³-hybridized carbons (Fsp3) is 0.286. The fourth-order valence-electron chi connectivity index (χ4n) is 2.20. The van der Waals surface area contributed by atoms with Crippen LogP contribution in [-0.4, -0.2) is 22.5 Å². The van der Waals surface area contributed by atoms with E-state index < -0.39 is 0 Å². The lowest BCUT2D eigenvalue weighted by Gasteiger charge is -2.08. The SMILES string of the molecule is CCn1ncc(N)c1C(=O)NCc1ccc2c(c1)OCO2. The first-order valence-corrected chi connectivity index (χ1v) is 6.67. The summed E-state index contributed by atoms with van der Waals surface area (Å²) in [5, 5.41) is 6.88. The highest BCUT2D eigenvalue weighted by Gasteiger charge is 2.17. The molecule has 2 heterocycles. The van der Waals surface area contributed by atoms with Crippen molar-refractivity contribution in [2.45, 2.75) is 20.0 Å². The molecule has 1 aliphatic heterocycles. The van der Waals surface area contributed by atoms with E-state index in [0.29, 0.717) is 30.2 Å². The third-order valence-electron chi connectivity index (χ3n) is 3.27. The summed E-state index contributed by atoms with van der Waals surface area (Å²) in [7, 11) is 0. The van der Waals surface area contributed by atoms with E-state index in [-0.39, 0.29) is 12.7 Å². The van der Waals surface area contributed by atoms with Crippen molar-refractivity contribution < 1.29 is 14.3 Å². The van der Waals surface area contributed by atoms with Crippen LogP contribution in [0.2, 0.25) is 0 Å². The summed E-state index contributed by atoms with van der Waals surface area (Å²) in [5.41, 5.74) is 7.47. The van der Waals surface area contributed by atoms with Gasteiger partial charge in [-0.2, -0.15) is 5.10 Å². The number of carbonyl (C=O) groups is 1. The van der Waals surface area contributed by atoms with Gasteiger partial charge in [0.1, 0.15) is 5.69 Å². The number of fused-ring (bicyclic) bond motifs is 1. The van der Waals surface area contributed by atoms with Gasteiger partial charge in [-0.25, -0.2) is 0 Å². The number of amides is 1. The molecular weight excluding hydrogens is 272 g/mol. The summed E-state index contributed by atoms with van der Waals surface area (Å²) in [6.45, 7) is 3.10. The predicted molar refractivity (Wildman–Crippen MR) is 76.0 cm³/mol. The number of rotatable bonds is 4. The van der Waals surface area contributed by atoms with Crippen molar-refractivity contribution >= 4 is 11.6 Å². The maximum atomic E-state index is 12.2. The molecule has 1 aromatic heterocycles. The maximum Gasteiger partial charge on any atom is 0.271 e. The highest BCUT2D eigenvalue weighted by Crippen LogP contribution is 2.32. The summed E-state index contributed by atoms with van der Waals surface area (Å²) in [6, 6.07) is 5.56. The first kappa shape index (κ1) is 13.3. The second kappa shape index (κ2) is 5.35. The molecule has 0 saturated carbocycles. The highest BCUT2D eigenvalue weighted by atomic mass is 16.7. The van der Waals surface area contributed by atoms with E-state index in [1.165, 1.54) is 6.20 Å². The Bertz CT molecular complexity index is 681. The van der Waals surface area contributed by atoms with Gasteiger partial charge in [0.2, 0.25) is 6.79 Å². The van der Waals surface area contributed by atoms with Gasteiger partial charge in [0, 0.05) is 13.1 Å². The number of hydrogen-bond acceptors (Lipinski definition) is 5. The summed E-state index contributed by atoms with van der Waals surface area (Å²) < 4.78 is 12.1. The molecule has 0 fully saturated rings. The first-order chi connectivity index (χ1) is 10.2. The molecular formula is C14H16N4O3. The van der Waals surface area contributed by atoms with Gasteiger partial charge in [-0.05, 0) is 24.6 Å². The number of anilines is 1. The number of nitrogens with zero attached hydrogens (tertiary/aromatic N) is 2. The van der Waals surface area contributed by atoms with Gasteiger partial charge < -0.3 is 20.5 Å². The Kier molecular flexibility index (Phi) is 3.39. The number of aryl methyl sites for hydroxylation is 1. The predicted octanol–water partition coefficient (Wildman–Crippen LogP) is 1.14. The monoisotopic (exact) mass is 288 g/mol. The van der Waals surface area contributed by atoms with Crippen molar-refractivity contribution in [2.24, 2.45) is 0 Å². The first-order valence-electron chi connectivity index (χ1n) is 6.67. The Hall–Kier alpha value is -2.70. The van der Waals surface area contributed by atoms with Crippen molar-refractivity contribution in [2.75, 3.05) is 12.5 Å². The average Bonchev–Trinajstić information content (AvgIpc) is 3.10. The van der Waals surface area contributed by atoms with Gasteiger partial charge in [-0.15, -0.1) is 0 Å². The van der Waals surface area contributed by atoms with E-state index >= 15 is 0 Å². The minimum atomic E-state index is -0.246. The lowest BCUT2D eigenvalue weighted by molar-refractivity contribution is 0.0941. The summed E-state index contributed by atoms with van der Waals surface area (Å²) in [5.74, 6) is 1.17. The number of benzene rings is 1. The molecule has 21 heavy (non-hydrogen) atoms. The molecule has 7 heteroatoms. The van der Waals surface area contributed by atoms with Crippen LogP contribution < -0.4 is 20.5 Å². The lowest BCUT2D eigenvalue weighted by Crippen LogP contribution is -2.26. The molecule has 0 radical (unpaired) electrons. The topological polar surface area (TPSA) is 91.4 Å². The smallest absolute Gasteiger partial charge is 0.271 e. The van der Waals surface area contributed by atoms with Crippen LogP contribution in [0.4, 0.5) is 5.69 Å². The third-order valence-corrected chi connectivity index (χ3v) is 3.27. The van der Waals surface area contributed by atoms with Crippen molar-refractivity contribution in [1.82, 2.24) is 15.1 Å². The second-order valence-corrected chi connectivity index (χ2v) is 4.63. The van der Waals surface area contributed by atoms with Gasteiger partial charge in [0.15, 0.2) is 11.5 Å². The molecule has 2 aromatic rings. The number of hydrogen-bond donors (Lipinski definition) is 2. The molecule has 0 atom stereocenters. The van der Waals surface area contributed by atoms with Crippen molar-refractivity contribution in [3.05, 3.63) is 35.7 Å². The Balaban J connectivity index is 1.70. The summed E-state index contributed by atoms with van der Waals surface area (Å²) in [6.07, 6.45) is 1.49. The van der Waals surface area contributed by atoms with Crippen LogP contribution in [0.15, 0.2) is 24.4 Å². The Labute approximate surface area is 121 Å². The standard InChI is InChI=1S/C14H16N4O3/c1-2-18-13(10(15)7-17-18)14(19)16-6-9-3-4-11-12(5-9)21-8-20-11/h3-5,7H,2,6,8,15H2,1H3,(H,16,19). The molecule has 0 unspecified atom stereocenters. The van der Waals surface area contributed by atoms with Gasteiger partial charge in [-0.3, -0.25) is 9.48 Å². The number of carbonyl (C=O) groups excluding carboxylic acids is 1. The van der Waals surface area contributed by atoms with Crippen molar-refractivity contribution in [3.63, 3.8) is 0 Å². The summed E-state index contributed by atoms with van der Waals surface area (Å²) >= 11 is 0. The second-order valence-electron chi connectivity index (χ2n) is 4.63. The number of nitrogens with one attached hydrogen (secondary N) is 1. The zero-order valence-electron chi connectivity index (χ0n) is 11.6.